The number of pyridine rings is 1. The summed E-state index contributed by atoms with van der Waals surface area (Å²) in [5, 5.41) is 4.83. The maximum absolute atomic E-state index is 4.46. The van der Waals surface area contributed by atoms with Gasteiger partial charge in [0.25, 0.3) is 0 Å². The molecular weight excluding hydrogens is 264 g/mol. The quantitative estimate of drug-likeness (QED) is 0.771. The Bertz CT molecular complexity index is 712. The van der Waals surface area contributed by atoms with Gasteiger partial charge in [0.1, 0.15) is 0 Å². The zero-order valence-electron chi connectivity index (χ0n) is 11.8. The molecule has 0 spiro atoms. The molecule has 102 valence electrons. The van der Waals surface area contributed by atoms with Gasteiger partial charge in [-0.2, -0.15) is 0 Å². The van der Waals surface area contributed by atoms with Crippen LogP contribution < -0.4 is 5.32 Å². The molecule has 0 radical (unpaired) electrons. The van der Waals surface area contributed by atoms with Crippen LogP contribution in [0.1, 0.15) is 28.3 Å². The largest absolute Gasteiger partial charge is 0.306 e. The monoisotopic (exact) mass is 282 g/mol. The average molecular weight is 282 g/mol. The molecule has 0 amide bonds. The summed E-state index contributed by atoms with van der Waals surface area (Å²) in [5.74, 6) is 0. The number of benzene rings is 1. The Morgan fingerprint density at radius 1 is 1.15 bits per heavy atom. The predicted octanol–water partition coefficient (Wildman–Crippen LogP) is 4.30. The molecule has 20 heavy (non-hydrogen) atoms. The summed E-state index contributed by atoms with van der Waals surface area (Å²) in [5.41, 5.74) is 2.36. The van der Waals surface area contributed by atoms with E-state index in [0.717, 1.165) is 12.1 Å². The minimum Gasteiger partial charge on any atom is -0.306 e. The van der Waals surface area contributed by atoms with Gasteiger partial charge in [-0.05, 0) is 43.3 Å². The average Bonchev–Trinajstić information content (AvgIpc) is 2.91. The molecule has 1 N–H and O–H groups in total. The van der Waals surface area contributed by atoms with E-state index >= 15 is 0 Å². The second kappa shape index (κ2) is 5.73. The second-order valence-electron chi connectivity index (χ2n) is 4.86. The van der Waals surface area contributed by atoms with Crippen LogP contribution in [0.4, 0.5) is 0 Å². The maximum Gasteiger partial charge on any atom is 0.0705 e. The van der Waals surface area contributed by atoms with Gasteiger partial charge in [-0.15, -0.1) is 11.3 Å². The first kappa shape index (κ1) is 13.3. The molecular formula is C17H18N2S. The summed E-state index contributed by atoms with van der Waals surface area (Å²) in [4.78, 5) is 7.17. The summed E-state index contributed by atoms with van der Waals surface area (Å²) in [7, 11) is 0. The van der Waals surface area contributed by atoms with E-state index in [9.17, 15) is 0 Å². The van der Waals surface area contributed by atoms with Gasteiger partial charge < -0.3 is 5.32 Å². The minimum absolute atomic E-state index is 0.242. The number of aromatic nitrogens is 1. The number of hydrogen-bond acceptors (Lipinski definition) is 3. The lowest BCUT2D eigenvalue weighted by atomic mass is 10.00. The predicted molar refractivity (Wildman–Crippen MR) is 86.3 cm³/mol. The third kappa shape index (κ3) is 2.47. The van der Waals surface area contributed by atoms with Gasteiger partial charge in [-0.1, -0.05) is 25.1 Å². The summed E-state index contributed by atoms with van der Waals surface area (Å²) < 4.78 is 0. The SMILES string of the molecule is CCNC(c1ccc(C)s1)c1cccc2ncccc12. The lowest BCUT2D eigenvalue weighted by molar-refractivity contribution is 0.643. The molecule has 1 aromatic carbocycles. The molecule has 0 aliphatic carbocycles. The standard InChI is InChI=1S/C17H18N2S/c1-3-18-17(16-10-9-12(2)20-16)14-6-4-8-15-13(14)7-5-11-19-15/h4-11,17-18H,3H2,1-2H3. The zero-order chi connectivity index (χ0) is 13.9. The summed E-state index contributed by atoms with van der Waals surface area (Å²) in [6, 6.07) is 15.2. The molecule has 0 bridgehead atoms. The Morgan fingerprint density at radius 2 is 2.05 bits per heavy atom. The van der Waals surface area contributed by atoms with Crippen LogP contribution in [0.5, 0.6) is 0 Å². The first-order valence-corrected chi connectivity index (χ1v) is 7.74. The van der Waals surface area contributed by atoms with Crippen LogP contribution in [0.3, 0.4) is 0 Å². The highest BCUT2D eigenvalue weighted by molar-refractivity contribution is 7.12. The molecule has 3 heteroatoms. The Kier molecular flexibility index (Phi) is 3.81. The molecule has 0 aliphatic heterocycles. The van der Waals surface area contributed by atoms with Gasteiger partial charge >= 0.3 is 0 Å². The van der Waals surface area contributed by atoms with Crippen molar-refractivity contribution in [3.05, 3.63) is 64.0 Å². The van der Waals surface area contributed by atoms with Crippen LogP contribution in [0.2, 0.25) is 0 Å². The fraction of sp³-hybridized carbons (Fsp3) is 0.235. The van der Waals surface area contributed by atoms with E-state index in [0.29, 0.717) is 0 Å². The Balaban J connectivity index is 2.14. The summed E-state index contributed by atoms with van der Waals surface area (Å²) >= 11 is 1.86. The molecule has 0 saturated heterocycles. The number of rotatable bonds is 4. The molecule has 3 rings (SSSR count). The molecule has 3 aromatic rings. The Hall–Kier alpha value is -1.71. The summed E-state index contributed by atoms with van der Waals surface area (Å²) in [6.07, 6.45) is 1.85. The molecule has 2 nitrogen and oxygen atoms in total. The Morgan fingerprint density at radius 3 is 2.80 bits per heavy atom. The van der Waals surface area contributed by atoms with E-state index in [1.807, 2.05) is 23.6 Å². The normalized spacial score (nSPS) is 12.7. The molecule has 0 aliphatic rings. The smallest absolute Gasteiger partial charge is 0.0705 e. The molecule has 0 saturated carbocycles. The molecule has 0 fully saturated rings. The first-order valence-electron chi connectivity index (χ1n) is 6.93. The number of thiophene rings is 1. The summed E-state index contributed by atoms with van der Waals surface area (Å²) in [6.45, 7) is 5.25. The fourth-order valence-electron chi connectivity index (χ4n) is 2.56. The van der Waals surface area contributed by atoms with Crippen molar-refractivity contribution in [1.82, 2.24) is 10.3 Å². The van der Waals surface area contributed by atoms with E-state index in [1.54, 1.807) is 0 Å². The van der Waals surface area contributed by atoms with Gasteiger partial charge in [0.2, 0.25) is 0 Å². The highest BCUT2D eigenvalue weighted by Crippen LogP contribution is 2.32. The van der Waals surface area contributed by atoms with Gasteiger partial charge in [0, 0.05) is 21.3 Å². The van der Waals surface area contributed by atoms with Gasteiger partial charge in [-0.25, -0.2) is 0 Å². The van der Waals surface area contributed by atoms with E-state index in [2.05, 4.69) is 60.5 Å². The molecule has 1 unspecified atom stereocenters. The van der Waals surface area contributed by atoms with Crippen LogP contribution >= 0.6 is 11.3 Å². The fourth-order valence-corrected chi connectivity index (χ4v) is 3.53. The van der Waals surface area contributed by atoms with Crippen LogP contribution in [0.25, 0.3) is 10.9 Å². The van der Waals surface area contributed by atoms with Gasteiger partial charge in [-0.3, -0.25) is 4.98 Å². The first-order chi connectivity index (χ1) is 9.79. The van der Waals surface area contributed by atoms with Crippen molar-refractivity contribution in [2.75, 3.05) is 6.54 Å². The van der Waals surface area contributed by atoms with E-state index in [-0.39, 0.29) is 6.04 Å². The number of aryl methyl sites for hydroxylation is 1. The van der Waals surface area contributed by atoms with Crippen LogP contribution in [-0.4, -0.2) is 11.5 Å². The van der Waals surface area contributed by atoms with Gasteiger partial charge in [0.15, 0.2) is 0 Å². The minimum atomic E-state index is 0.242. The molecule has 2 heterocycles. The number of fused-ring (bicyclic) bond motifs is 1. The zero-order valence-corrected chi connectivity index (χ0v) is 12.6. The van der Waals surface area contributed by atoms with E-state index in [4.69, 9.17) is 0 Å². The van der Waals surface area contributed by atoms with Crippen molar-refractivity contribution in [1.29, 1.82) is 0 Å². The van der Waals surface area contributed by atoms with Crippen molar-refractivity contribution >= 4 is 22.2 Å². The van der Waals surface area contributed by atoms with E-state index in [1.165, 1.54) is 20.7 Å². The highest BCUT2D eigenvalue weighted by atomic mass is 32.1. The molecule has 1 atom stereocenters. The van der Waals surface area contributed by atoms with Crippen molar-refractivity contribution in [2.24, 2.45) is 0 Å². The van der Waals surface area contributed by atoms with Crippen LogP contribution in [0, 0.1) is 6.92 Å². The van der Waals surface area contributed by atoms with Crippen LogP contribution in [-0.2, 0) is 0 Å². The topological polar surface area (TPSA) is 24.9 Å². The number of nitrogens with one attached hydrogen (secondary N) is 1. The molecule has 2 aromatic heterocycles. The third-order valence-corrected chi connectivity index (χ3v) is 4.51. The third-order valence-electron chi connectivity index (χ3n) is 3.44. The number of nitrogens with zero attached hydrogens (tertiary/aromatic N) is 1. The second-order valence-corrected chi connectivity index (χ2v) is 6.18. The van der Waals surface area contributed by atoms with Crippen molar-refractivity contribution in [3.8, 4) is 0 Å². The lowest BCUT2D eigenvalue weighted by Crippen LogP contribution is -2.21. The maximum atomic E-state index is 4.46. The number of hydrogen-bond donors (Lipinski definition) is 1. The highest BCUT2D eigenvalue weighted by Gasteiger charge is 2.17. The van der Waals surface area contributed by atoms with E-state index < -0.39 is 0 Å². The van der Waals surface area contributed by atoms with Crippen molar-refractivity contribution < 1.29 is 0 Å². The Labute approximate surface area is 123 Å². The van der Waals surface area contributed by atoms with Crippen molar-refractivity contribution in [3.63, 3.8) is 0 Å². The van der Waals surface area contributed by atoms with Gasteiger partial charge in [0.05, 0.1) is 11.6 Å². The lowest BCUT2D eigenvalue weighted by Gasteiger charge is -2.18. The van der Waals surface area contributed by atoms with Crippen LogP contribution in [0.15, 0.2) is 48.7 Å². The van der Waals surface area contributed by atoms with Crippen molar-refractivity contribution in [2.45, 2.75) is 19.9 Å².